The number of nitrogens with one attached hydrogen (secondary N) is 1. The molecule has 0 heterocycles. The molecule has 0 aliphatic rings. The first-order chi connectivity index (χ1) is 8.71. The van der Waals surface area contributed by atoms with Crippen LogP contribution in [0.1, 0.15) is 18.9 Å². The van der Waals surface area contributed by atoms with Gasteiger partial charge in [0, 0.05) is 12.6 Å². The lowest BCUT2D eigenvalue weighted by atomic mass is 10.0. The molecule has 0 saturated heterocycles. The second-order valence-electron chi connectivity index (χ2n) is 3.77. The van der Waals surface area contributed by atoms with E-state index < -0.39 is 0 Å². The Labute approximate surface area is 107 Å². The van der Waals surface area contributed by atoms with Gasteiger partial charge in [0.05, 0.1) is 13.7 Å². The van der Waals surface area contributed by atoms with Crippen LogP contribution < -0.4 is 10.1 Å². The molecule has 0 aromatic heterocycles. The first kappa shape index (κ1) is 14.3. The third-order valence-electron chi connectivity index (χ3n) is 2.56. The fourth-order valence-electron chi connectivity index (χ4n) is 1.58. The van der Waals surface area contributed by atoms with Gasteiger partial charge in [-0.3, -0.25) is 4.79 Å². The quantitative estimate of drug-likeness (QED) is 0.753. The molecule has 4 heteroatoms. The van der Waals surface area contributed by atoms with E-state index in [2.05, 4.69) is 5.32 Å². The molecule has 0 aliphatic heterocycles. The summed E-state index contributed by atoms with van der Waals surface area (Å²) in [6, 6.07) is 7.58. The van der Waals surface area contributed by atoms with Crippen molar-refractivity contribution in [2.45, 2.75) is 13.3 Å². The number of allylic oxidation sites excluding steroid dienone is 1. The lowest BCUT2D eigenvalue weighted by Crippen LogP contribution is -2.24. The molecule has 18 heavy (non-hydrogen) atoms. The van der Waals surface area contributed by atoms with Gasteiger partial charge in [-0.1, -0.05) is 19.1 Å². The van der Waals surface area contributed by atoms with Gasteiger partial charge >= 0.3 is 0 Å². The first-order valence-corrected chi connectivity index (χ1v) is 5.95. The minimum absolute atomic E-state index is 0.0520. The molecular formula is C14H19NO3. The number of carbonyl (C=O) groups excluding carboxylic acids is 1. The van der Waals surface area contributed by atoms with Gasteiger partial charge in [0.15, 0.2) is 0 Å². The number of rotatable bonds is 6. The van der Waals surface area contributed by atoms with E-state index in [4.69, 9.17) is 9.84 Å². The Kier molecular flexibility index (Phi) is 5.94. The average Bonchev–Trinajstić information content (AvgIpc) is 2.42. The third-order valence-corrected chi connectivity index (χ3v) is 2.56. The molecule has 1 aromatic rings. The van der Waals surface area contributed by atoms with Crippen molar-refractivity contribution in [1.29, 1.82) is 0 Å². The van der Waals surface area contributed by atoms with Crippen molar-refractivity contribution in [3.8, 4) is 5.75 Å². The third kappa shape index (κ3) is 4.22. The molecule has 0 fully saturated rings. The Morgan fingerprint density at radius 2 is 2.06 bits per heavy atom. The normalized spacial score (nSPS) is 11.2. The topological polar surface area (TPSA) is 58.6 Å². The maximum absolute atomic E-state index is 11.5. The van der Waals surface area contributed by atoms with Crippen LogP contribution in [-0.4, -0.2) is 31.3 Å². The number of hydrogen-bond donors (Lipinski definition) is 2. The number of hydrogen-bond acceptors (Lipinski definition) is 3. The number of carbonyl (C=O) groups is 1. The summed E-state index contributed by atoms with van der Waals surface area (Å²) in [4.78, 5) is 11.5. The van der Waals surface area contributed by atoms with Crippen LogP contribution in [0.15, 0.2) is 30.3 Å². The van der Waals surface area contributed by atoms with E-state index in [0.717, 1.165) is 23.3 Å². The van der Waals surface area contributed by atoms with Gasteiger partial charge in [0.25, 0.3) is 0 Å². The number of aliphatic hydroxyl groups is 1. The fourth-order valence-corrected chi connectivity index (χ4v) is 1.58. The predicted molar refractivity (Wildman–Crippen MR) is 71.4 cm³/mol. The van der Waals surface area contributed by atoms with E-state index in [1.807, 2.05) is 31.2 Å². The van der Waals surface area contributed by atoms with Crippen molar-refractivity contribution >= 4 is 11.5 Å². The van der Waals surface area contributed by atoms with Gasteiger partial charge in [-0.2, -0.15) is 0 Å². The van der Waals surface area contributed by atoms with Crippen LogP contribution in [0.4, 0.5) is 0 Å². The zero-order valence-corrected chi connectivity index (χ0v) is 10.8. The zero-order chi connectivity index (χ0) is 13.4. The van der Waals surface area contributed by atoms with Crippen LogP contribution in [0.2, 0.25) is 0 Å². The van der Waals surface area contributed by atoms with Crippen molar-refractivity contribution in [3.05, 3.63) is 35.9 Å². The summed E-state index contributed by atoms with van der Waals surface area (Å²) in [5.41, 5.74) is 1.95. The van der Waals surface area contributed by atoms with Crippen LogP contribution in [0.5, 0.6) is 5.75 Å². The summed E-state index contributed by atoms with van der Waals surface area (Å²) in [5, 5.41) is 11.2. The van der Waals surface area contributed by atoms with Crippen molar-refractivity contribution in [1.82, 2.24) is 5.32 Å². The van der Waals surface area contributed by atoms with Crippen LogP contribution in [0.3, 0.4) is 0 Å². The van der Waals surface area contributed by atoms with E-state index in [9.17, 15) is 4.79 Å². The Hall–Kier alpha value is -1.81. The van der Waals surface area contributed by atoms with Gasteiger partial charge < -0.3 is 15.2 Å². The SMILES string of the molecule is CC/C(=C/C(=O)NCCO)c1ccc(OC)cc1. The number of methoxy groups -OCH3 is 1. The summed E-state index contributed by atoms with van der Waals surface area (Å²) in [6.45, 7) is 2.22. The van der Waals surface area contributed by atoms with Crippen LogP contribution in [-0.2, 0) is 4.79 Å². The van der Waals surface area contributed by atoms with Gasteiger partial charge in [0.1, 0.15) is 5.75 Å². The molecule has 2 N–H and O–H groups in total. The number of ether oxygens (including phenoxy) is 1. The molecule has 0 atom stereocenters. The fraction of sp³-hybridized carbons (Fsp3) is 0.357. The van der Waals surface area contributed by atoms with Crippen molar-refractivity contribution in [2.75, 3.05) is 20.3 Å². The molecule has 1 amide bonds. The standard InChI is InChI=1S/C14H19NO3/c1-3-11(10-14(17)15-8-9-16)12-4-6-13(18-2)7-5-12/h4-7,10,16H,3,8-9H2,1-2H3,(H,15,17)/b11-10-. The molecular weight excluding hydrogens is 230 g/mol. The highest BCUT2D eigenvalue weighted by Gasteiger charge is 2.03. The molecule has 1 aromatic carbocycles. The van der Waals surface area contributed by atoms with E-state index in [0.29, 0.717) is 0 Å². The minimum Gasteiger partial charge on any atom is -0.497 e. The first-order valence-electron chi connectivity index (χ1n) is 5.95. The molecule has 1 rings (SSSR count). The molecule has 0 saturated carbocycles. The monoisotopic (exact) mass is 249 g/mol. The minimum atomic E-state index is -0.184. The molecule has 0 unspecified atom stereocenters. The van der Waals surface area contributed by atoms with Crippen molar-refractivity contribution < 1.29 is 14.6 Å². The Morgan fingerprint density at radius 3 is 2.56 bits per heavy atom. The van der Waals surface area contributed by atoms with Crippen molar-refractivity contribution in [3.63, 3.8) is 0 Å². The van der Waals surface area contributed by atoms with Crippen LogP contribution in [0.25, 0.3) is 5.57 Å². The average molecular weight is 249 g/mol. The van der Waals surface area contributed by atoms with Crippen molar-refractivity contribution in [2.24, 2.45) is 0 Å². The molecule has 0 bridgehead atoms. The van der Waals surface area contributed by atoms with E-state index in [1.54, 1.807) is 13.2 Å². The second kappa shape index (κ2) is 7.50. The van der Waals surface area contributed by atoms with Crippen LogP contribution in [0, 0.1) is 0 Å². The Balaban J connectivity index is 2.80. The van der Waals surface area contributed by atoms with Gasteiger partial charge in [-0.05, 0) is 29.7 Å². The maximum atomic E-state index is 11.5. The van der Waals surface area contributed by atoms with E-state index in [1.165, 1.54) is 0 Å². The molecule has 0 aliphatic carbocycles. The molecule has 0 spiro atoms. The highest BCUT2D eigenvalue weighted by Crippen LogP contribution is 2.20. The summed E-state index contributed by atoms with van der Waals surface area (Å²) < 4.78 is 5.09. The number of benzene rings is 1. The van der Waals surface area contributed by atoms with E-state index >= 15 is 0 Å². The second-order valence-corrected chi connectivity index (χ2v) is 3.77. The number of amides is 1. The number of aliphatic hydroxyl groups excluding tert-OH is 1. The lowest BCUT2D eigenvalue weighted by Gasteiger charge is -2.07. The molecule has 98 valence electrons. The highest BCUT2D eigenvalue weighted by atomic mass is 16.5. The van der Waals surface area contributed by atoms with Gasteiger partial charge in [-0.25, -0.2) is 0 Å². The molecule has 4 nitrogen and oxygen atoms in total. The van der Waals surface area contributed by atoms with Gasteiger partial charge in [-0.15, -0.1) is 0 Å². The summed E-state index contributed by atoms with van der Waals surface area (Å²) in [6.07, 6.45) is 2.33. The lowest BCUT2D eigenvalue weighted by molar-refractivity contribution is -0.116. The van der Waals surface area contributed by atoms with Gasteiger partial charge in [0.2, 0.25) is 5.91 Å². The van der Waals surface area contributed by atoms with Crippen LogP contribution >= 0.6 is 0 Å². The van der Waals surface area contributed by atoms with E-state index in [-0.39, 0.29) is 19.1 Å². The Morgan fingerprint density at radius 1 is 1.39 bits per heavy atom. The Bertz CT molecular complexity index is 410. The largest absolute Gasteiger partial charge is 0.497 e. The summed E-state index contributed by atoms with van der Waals surface area (Å²) in [5.74, 6) is 0.607. The maximum Gasteiger partial charge on any atom is 0.244 e. The highest BCUT2D eigenvalue weighted by molar-refractivity contribution is 5.95. The summed E-state index contributed by atoms with van der Waals surface area (Å²) >= 11 is 0. The summed E-state index contributed by atoms with van der Waals surface area (Å²) in [7, 11) is 1.62. The zero-order valence-electron chi connectivity index (χ0n) is 10.8. The smallest absolute Gasteiger partial charge is 0.244 e. The molecule has 0 radical (unpaired) electrons. The predicted octanol–water partition coefficient (Wildman–Crippen LogP) is 1.60.